The van der Waals surface area contributed by atoms with Crippen LogP contribution in [0.25, 0.3) is 0 Å². The molecule has 1 aliphatic rings. The van der Waals surface area contributed by atoms with Crippen LogP contribution in [0.4, 0.5) is 10.6 Å². The van der Waals surface area contributed by atoms with Crippen molar-refractivity contribution in [2.45, 2.75) is 90.5 Å². The van der Waals surface area contributed by atoms with Gasteiger partial charge in [-0.25, -0.2) is 4.79 Å². The van der Waals surface area contributed by atoms with Crippen LogP contribution >= 0.6 is 0 Å². The summed E-state index contributed by atoms with van der Waals surface area (Å²) in [5.74, 6) is 1.55. The molecule has 3 aromatic rings. The zero-order valence-corrected chi connectivity index (χ0v) is 25.8. The second-order valence-electron chi connectivity index (χ2n) is 12.2. The third-order valence-corrected chi connectivity index (χ3v) is 7.25. The van der Waals surface area contributed by atoms with Crippen molar-refractivity contribution >= 4 is 24.1 Å². The Kier molecular flexibility index (Phi) is 10.1. The minimum atomic E-state index is -0.395. The fourth-order valence-electron chi connectivity index (χ4n) is 5.19. The first-order chi connectivity index (χ1) is 20.4. The summed E-state index contributed by atoms with van der Waals surface area (Å²) in [5.41, 5.74) is 2.73. The predicted octanol–water partition coefficient (Wildman–Crippen LogP) is 5.99. The number of rotatable bonds is 11. The van der Waals surface area contributed by atoms with E-state index in [-0.39, 0.29) is 42.5 Å². The molecule has 2 atom stereocenters. The maximum absolute atomic E-state index is 13.1. The molecular weight excluding hydrogens is 548 g/mol. The van der Waals surface area contributed by atoms with E-state index in [0.717, 1.165) is 36.1 Å². The van der Waals surface area contributed by atoms with Crippen LogP contribution in [0.3, 0.4) is 0 Å². The standard InChI is InChI=1S/C33H42N4O6/c1-21(2)34-32(40)43-27-14-11-24(17-27)28-18-30(36-37(28)33(3,4)5)35-31(39)16-23-7-10-25(19-38)29(15-23)42-20-22-8-12-26(41-6)13-9-22/h7-10,12-13,15,18-19,21,24,27H,11,14,16-17,20H2,1-6H3,(H,34,40)(H,35,36,39)/t24-,27+/m0/s1. The Balaban J connectivity index is 1.42. The van der Waals surface area contributed by atoms with Gasteiger partial charge in [-0.2, -0.15) is 5.10 Å². The van der Waals surface area contributed by atoms with Gasteiger partial charge in [0.05, 0.1) is 24.6 Å². The molecule has 230 valence electrons. The van der Waals surface area contributed by atoms with Gasteiger partial charge >= 0.3 is 6.09 Å². The van der Waals surface area contributed by atoms with Gasteiger partial charge in [0.25, 0.3) is 0 Å². The molecule has 43 heavy (non-hydrogen) atoms. The van der Waals surface area contributed by atoms with Gasteiger partial charge in [0.15, 0.2) is 12.1 Å². The van der Waals surface area contributed by atoms with E-state index in [4.69, 9.17) is 19.3 Å². The molecule has 0 spiro atoms. The molecule has 0 unspecified atom stereocenters. The SMILES string of the molecule is COc1ccc(COc2cc(CC(=O)Nc3cc([C@H]4CC[C@@H](OC(=O)NC(C)C)C4)n(C(C)(C)C)n3)ccc2C=O)cc1. The third kappa shape index (κ3) is 8.59. The number of amides is 2. The molecule has 0 radical (unpaired) electrons. The van der Waals surface area contributed by atoms with Gasteiger partial charge in [0.1, 0.15) is 24.2 Å². The number of alkyl carbamates (subject to hydrolysis) is 1. The second kappa shape index (κ2) is 13.8. The second-order valence-corrected chi connectivity index (χ2v) is 12.2. The lowest BCUT2D eigenvalue weighted by Gasteiger charge is -2.24. The van der Waals surface area contributed by atoms with Crippen molar-refractivity contribution in [2.75, 3.05) is 12.4 Å². The van der Waals surface area contributed by atoms with Crippen LogP contribution in [0, 0.1) is 0 Å². The topological polar surface area (TPSA) is 121 Å². The zero-order valence-electron chi connectivity index (χ0n) is 25.8. The van der Waals surface area contributed by atoms with Crippen LogP contribution in [0.2, 0.25) is 0 Å². The predicted molar refractivity (Wildman–Crippen MR) is 164 cm³/mol. The highest BCUT2D eigenvalue weighted by Crippen LogP contribution is 2.38. The van der Waals surface area contributed by atoms with Crippen LogP contribution < -0.4 is 20.1 Å². The molecular formula is C33H42N4O6. The van der Waals surface area contributed by atoms with Gasteiger partial charge in [-0.1, -0.05) is 18.2 Å². The first kappa shape index (κ1) is 31.6. The van der Waals surface area contributed by atoms with Crippen LogP contribution in [0.1, 0.15) is 87.0 Å². The first-order valence-corrected chi connectivity index (χ1v) is 14.7. The molecule has 1 saturated carbocycles. The van der Waals surface area contributed by atoms with Crippen molar-refractivity contribution in [1.29, 1.82) is 0 Å². The molecule has 0 saturated heterocycles. The van der Waals surface area contributed by atoms with Crippen LogP contribution in [-0.4, -0.2) is 47.3 Å². The lowest BCUT2D eigenvalue weighted by atomic mass is 10.0. The molecule has 10 heteroatoms. The highest BCUT2D eigenvalue weighted by atomic mass is 16.6. The van der Waals surface area contributed by atoms with Crippen LogP contribution in [0.15, 0.2) is 48.5 Å². The quantitative estimate of drug-likeness (QED) is 0.263. The minimum absolute atomic E-state index is 0.0135. The summed E-state index contributed by atoms with van der Waals surface area (Å²) in [5, 5.41) is 10.5. The summed E-state index contributed by atoms with van der Waals surface area (Å²) in [6.07, 6.45) is 2.59. The van der Waals surface area contributed by atoms with Gasteiger partial charge in [0, 0.05) is 23.7 Å². The lowest BCUT2D eigenvalue weighted by Crippen LogP contribution is -2.33. The molecule has 1 heterocycles. The Labute approximate surface area is 253 Å². The van der Waals surface area contributed by atoms with Crippen molar-refractivity contribution in [2.24, 2.45) is 0 Å². The fraction of sp³-hybridized carbons (Fsp3) is 0.455. The number of methoxy groups -OCH3 is 1. The molecule has 1 aliphatic carbocycles. The third-order valence-electron chi connectivity index (χ3n) is 7.25. The molecule has 2 amide bonds. The van der Waals surface area contributed by atoms with E-state index in [1.807, 2.05) is 48.9 Å². The van der Waals surface area contributed by atoms with E-state index in [2.05, 4.69) is 31.4 Å². The summed E-state index contributed by atoms with van der Waals surface area (Å²) in [6, 6.07) is 14.5. The average Bonchev–Trinajstić information content (AvgIpc) is 3.59. The van der Waals surface area contributed by atoms with Crippen LogP contribution in [0.5, 0.6) is 11.5 Å². The lowest BCUT2D eigenvalue weighted by molar-refractivity contribution is -0.115. The molecule has 0 aliphatic heterocycles. The summed E-state index contributed by atoms with van der Waals surface area (Å²) < 4.78 is 18.7. The Hall–Kier alpha value is -4.34. The summed E-state index contributed by atoms with van der Waals surface area (Å²) in [6.45, 7) is 10.3. The maximum Gasteiger partial charge on any atom is 0.407 e. The molecule has 4 rings (SSSR count). The Morgan fingerprint density at radius 1 is 1.07 bits per heavy atom. The van der Waals surface area contributed by atoms with Crippen LogP contribution in [-0.2, 0) is 28.1 Å². The van der Waals surface area contributed by atoms with Crippen molar-refractivity contribution in [3.63, 3.8) is 0 Å². The Morgan fingerprint density at radius 3 is 2.44 bits per heavy atom. The number of ether oxygens (including phenoxy) is 3. The van der Waals surface area contributed by atoms with E-state index in [1.54, 1.807) is 25.3 Å². The van der Waals surface area contributed by atoms with E-state index in [0.29, 0.717) is 29.1 Å². The summed E-state index contributed by atoms with van der Waals surface area (Å²) in [7, 11) is 1.61. The molecule has 0 bridgehead atoms. The van der Waals surface area contributed by atoms with Gasteiger partial charge in [-0.05, 0) is 89.3 Å². The van der Waals surface area contributed by atoms with E-state index in [1.165, 1.54) is 0 Å². The summed E-state index contributed by atoms with van der Waals surface area (Å²) in [4.78, 5) is 36.8. The highest BCUT2D eigenvalue weighted by molar-refractivity contribution is 5.91. The number of benzene rings is 2. The Morgan fingerprint density at radius 2 is 1.79 bits per heavy atom. The van der Waals surface area contributed by atoms with Gasteiger partial charge in [0.2, 0.25) is 5.91 Å². The largest absolute Gasteiger partial charge is 0.497 e. The smallest absolute Gasteiger partial charge is 0.407 e. The number of hydrogen-bond acceptors (Lipinski definition) is 7. The number of nitrogens with one attached hydrogen (secondary N) is 2. The number of aldehydes is 1. The molecule has 2 N–H and O–H groups in total. The molecule has 1 aromatic heterocycles. The Bertz CT molecular complexity index is 1420. The molecule has 1 fully saturated rings. The van der Waals surface area contributed by atoms with Crippen molar-refractivity contribution in [3.8, 4) is 11.5 Å². The molecule has 2 aromatic carbocycles. The van der Waals surface area contributed by atoms with E-state index >= 15 is 0 Å². The minimum Gasteiger partial charge on any atom is -0.497 e. The van der Waals surface area contributed by atoms with E-state index < -0.39 is 6.09 Å². The van der Waals surface area contributed by atoms with Gasteiger partial charge in [-0.15, -0.1) is 0 Å². The number of hydrogen-bond donors (Lipinski definition) is 2. The van der Waals surface area contributed by atoms with Gasteiger partial charge < -0.3 is 24.8 Å². The highest BCUT2D eigenvalue weighted by Gasteiger charge is 2.33. The summed E-state index contributed by atoms with van der Waals surface area (Å²) >= 11 is 0. The zero-order chi connectivity index (χ0) is 31.1. The van der Waals surface area contributed by atoms with E-state index in [9.17, 15) is 14.4 Å². The number of anilines is 1. The van der Waals surface area contributed by atoms with Crippen molar-refractivity contribution in [1.82, 2.24) is 15.1 Å². The average molecular weight is 591 g/mol. The fourth-order valence-corrected chi connectivity index (χ4v) is 5.19. The van der Waals surface area contributed by atoms with Crippen molar-refractivity contribution < 1.29 is 28.6 Å². The number of carbonyl (C=O) groups is 3. The monoisotopic (exact) mass is 590 g/mol. The van der Waals surface area contributed by atoms with Crippen molar-refractivity contribution in [3.05, 3.63) is 70.9 Å². The normalized spacial score (nSPS) is 16.5. The first-order valence-electron chi connectivity index (χ1n) is 14.7. The maximum atomic E-state index is 13.1. The van der Waals surface area contributed by atoms with Gasteiger partial charge in [-0.3, -0.25) is 14.3 Å². The molecule has 10 nitrogen and oxygen atoms in total. The number of carbonyl (C=O) groups excluding carboxylic acids is 3. The number of aromatic nitrogens is 2. The number of nitrogens with zero attached hydrogens (tertiary/aromatic N) is 2.